The number of allylic oxidation sites excluding steroid dienone is 2. The zero-order chi connectivity index (χ0) is 15.3. The molecule has 0 fully saturated rings. The van der Waals surface area contributed by atoms with Crippen LogP contribution in [0.15, 0.2) is 36.0 Å². The van der Waals surface area contributed by atoms with E-state index < -0.39 is 0 Å². The van der Waals surface area contributed by atoms with Gasteiger partial charge in [0, 0.05) is 10.9 Å². The minimum atomic E-state index is 1.08. The number of benzene rings is 1. The Bertz CT molecular complexity index is 951. The monoisotopic (exact) mass is 288 g/mol. The Kier molecular flexibility index (Phi) is 2.93. The van der Waals surface area contributed by atoms with E-state index >= 15 is 0 Å². The molecule has 2 heteroatoms. The van der Waals surface area contributed by atoms with E-state index in [2.05, 4.69) is 61.6 Å². The number of rotatable bonds is 1. The Morgan fingerprint density at radius 2 is 2.14 bits per heavy atom. The highest BCUT2D eigenvalue weighted by atomic mass is 15.0. The minimum Gasteiger partial charge on any atom is -0.292 e. The molecule has 1 aliphatic carbocycles. The Morgan fingerprint density at radius 1 is 1.27 bits per heavy atom. The average Bonchev–Trinajstić information content (AvgIpc) is 2.91. The maximum atomic E-state index is 4.73. The fraction of sp³-hybridized carbons (Fsp3) is 0.250. The molecule has 22 heavy (non-hydrogen) atoms. The summed E-state index contributed by atoms with van der Waals surface area (Å²) in [5.74, 6) is 0. The number of fused-ring (bicyclic) bond motifs is 6. The van der Waals surface area contributed by atoms with E-state index in [1.54, 1.807) is 0 Å². The number of aromatic nitrogens is 2. The van der Waals surface area contributed by atoms with Gasteiger partial charge in [0.05, 0.1) is 17.4 Å². The Hall–Kier alpha value is -2.35. The third-order valence-electron chi connectivity index (χ3n) is 4.43. The summed E-state index contributed by atoms with van der Waals surface area (Å²) in [6.45, 7) is 6.47. The molecule has 2 aromatic heterocycles. The molecule has 0 N–H and O–H groups in total. The summed E-state index contributed by atoms with van der Waals surface area (Å²) in [6.07, 6.45) is 10.9. The second-order valence-corrected chi connectivity index (χ2v) is 6.37. The van der Waals surface area contributed by atoms with E-state index in [1.807, 2.05) is 6.20 Å². The fourth-order valence-electron chi connectivity index (χ4n) is 3.57. The van der Waals surface area contributed by atoms with E-state index in [0.29, 0.717) is 0 Å². The van der Waals surface area contributed by atoms with Crippen LogP contribution >= 0.6 is 0 Å². The van der Waals surface area contributed by atoms with Crippen molar-refractivity contribution in [2.24, 2.45) is 0 Å². The Labute approximate surface area is 130 Å². The van der Waals surface area contributed by atoms with E-state index in [0.717, 1.165) is 24.2 Å². The topological polar surface area (TPSA) is 17.3 Å². The van der Waals surface area contributed by atoms with Gasteiger partial charge in [-0.25, -0.2) is 4.98 Å². The molecular formula is C20H20N2. The molecule has 0 unspecified atom stereocenters. The molecule has 0 radical (unpaired) electrons. The van der Waals surface area contributed by atoms with E-state index in [4.69, 9.17) is 4.98 Å². The standard InChI is InChI=1S/C20H20N2/c1-13(2)11-15-12-21-20-17-9-5-4-8-16(17)19-14(3)7-6-10-18(19)22(15)20/h5-7,9-12H,4,8H2,1-3H3. The van der Waals surface area contributed by atoms with Crippen LogP contribution in [-0.4, -0.2) is 9.38 Å². The van der Waals surface area contributed by atoms with Crippen LogP contribution in [0.1, 0.15) is 42.7 Å². The van der Waals surface area contributed by atoms with Gasteiger partial charge in [-0.05, 0) is 56.9 Å². The number of hydrogen-bond acceptors (Lipinski definition) is 1. The predicted octanol–water partition coefficient (Wildman–Crippen LogP) is 5.18. The van der Waals surface area contributed by atoms with Crippen LogP contribution in [0.3, 0.4) is 0 Å². The largest absolute Gasteiger partial charge is 0.292 e. The second-order valence-electron chi connectivity index (χ2n) is 6.37. The van der Waals surface area contributed by atoms with Crippen LogP contribution in [-0.2, 0) is 6.42 Å². The summed E-state index contributed by atoms with van der Waals surface area (Å²) in [6, 6.07) is 6.58. The zero-order valence-electron chi connectivity index (χ0n) is 13.4. The van der Waals surface area contributed by atoms with Gasteiger partial charge < -0.3 is 0 Å². The predicted molar refractivity (Wildman–Crippen MR) is 94.1 cm³/mol. The van der Waals surface area contributed by atoms with Gasteiger partial charge in [-0.3, -0.25) is 4.40 Å². The van der Waals surface area contributed by atoms with Crippen molar-refractivity contribution in [1.82, 2.24) is 9.38 Å². The summed E-state index contributed by atoms with van der Waals surface area (Å²) in [5, 5.41) is 1.40. The van der Waals surface area contributed by atoms with E-state index in [9.17, 15) is 0 Å². The molecule has 0 bridgehead atoms. The lowest BCUT2D eigenvalue weighted by atomic mass is 9.92. The molecule has 2 heterocycles. The van der Waals surface area contributed by atoms with Crippen molar-refractivity contribution in [3.8, 4) is 0 Å². The van der Waals surface area contributed by atoms with Crippen LogP contribution in [0.25, 0.3) is 28.7 Å². The number of imidazole rings is 1. The van der Waals surface area contributed by atoms with Crippen molar-refractivity contribution in [3.63, 3.8) is 0 Å². The third-order valence-corrected chi connectivity index (χ3v) is 4.43. The van der Waals surface area contributed by atoms with Gasteiger partial charge in [0.2, 0.25) is 0 Å². The van der Waals surface area contributed by atoms with Crippen molar-refractivity contribution >= 4 is 28.7 Å². The van der Waals surface area contributed by atoms with Crippen molar-refractivity contribution in [3.05, 3.63) is 58.4 Å². The summed E-state index contributed by atoms with van der Waals surface area (Å²) in [4.78, 5) is 4.73. The lowest BCUT2D eigenvalue weighted by Crippen LogP contribution is -2.03. The first kappa shape index (κ1) is 13.3. The summed E-state index contributed by atoms with van der Waals surface area (Å²) in [7, 11) is 0. The average molecular weight is 288 g/mol. The van der Waals surface area contributed by atoms with Gasteiger partial charge in [-0.15, -0.1) is 0 Å². The van der Waals surface area contributed by atoms with Crippen molar-refractivity contribution < 1.29 is 0 Å². The molecule has 0 spiro atoms. The normalized spacial score (nSPS) is 13.6. The third kappa shape index (κ3) is 1.83. The van der Waals surface area contributed by atoms with Crippen LogP contribution in [0.5, 0.6) is 0 Å². The summed E-state index contributed by atoms with van der Waals surface area (Å²) >= 11 is 0. The van der Waals surface area contributed by atoms with E-state index in [-0.39, 0.29) is 0 Å². The van der Waals surface area contributed by atoms with Crippen molar-refractivity contribution in [1.29, 1.82) is 0 Å². The van der Waals surface area contributed by atoms with Crippen molar-refractivity contribution in [2.75, 3.05) is 0 Å². The SMILES string of the molecule is CC(C)=Cc1cnc2c3c(c4c(C)cccc4n12)CCC=C3. The quantitative estimate of drug-likeness (QED) is 0.603. The lowest BCUT2D eigenvalue weighted by Gasteiger charge is -2.18. The van der Waals surface area contributed by atoms with Crippen LogP contribution in [0.4, 0.5) is 0 Å². The molecule has 110 valence electrons. The second kappa shape index (κ2) is 4.84. The molecule has 3 aromatic rings. The molecule has 0 aliphatic heterocycles. The first-order valence-electron chi connectivity index (χ1n) is 7.90. The highest BCUT2D eigenvalue weighted by Crippen LogP contribution is 2.34. The summed E-state index contributed by atoms with van der Waals surface area (Å²) < 4.78 is 2.31. The van der Waals surface area contributed by atoms with Crippen LogP contribution in [0.2, 0.25) is 0 Å². The molecular weight excluding hydrogens is 268 g/mol. The molecule has 0 amide bonds. The number of pyridine rings is 1. The highest BCUT2D eigenvalue weighted by molar-refractivity contribution is 5.94. The van der Waals surface area contributed by atoms with Gasteiger partial charge in [0.1, 0.15) is 5.65 Å². The molecule has 0 atom stereocenters. The smallest absolute Gasteiger partial charge is 0.145 e. The molecule has 1 aromatic carbocycles. The molecule has 0 saturated heterocycles. The number of aryl methyl sites for hydroxylation is 2. The first-order valence-corrected chi connectivity index (χ1v) is 7.90. The van der Waals surface area contributed by atoms with Gasteiger partial charge in [0.15, 0.2) is 0 Å². The van der Waals surface area contributed by atoms with Crippen LogP contribution < -0.4 is 0 Å². The Balaban J connectivity index is 2.26. The molecule has 1 aliphatic rings. The van der Waals surface area contributed by atoms with E-state index in [1.165, 1.54) is 33.2 Å². The Morgan fingerprint density at radius 3 is 2.95 bits per heavy atom. The highest BCUT2D eigenvalue weighted by Gasteiger charge is 2.18. The maximum Gasteiger partial charge on any atom is 0.145 e. The van der Waals surface area contributed by atoms with Gasteiger partial charge in [0.25, 0.3) is 0 Å². The van der Waals surface area contributed by atoms with Gasteiger partial charge in [-0.2, -0.15) is 0 Å². The molecule has 0 saturated carbocycles. The van der Waals surface area contributed by atoms with Crippen molar-refractivity contribution in [2.45, 2.75) is 33.6 Å². The molecule has 2 nitrogen and oxygen atoms in total. The number of hydrogen-bond donors (Lipinski definition) is 0. The zero-order valence-corrected chi connectivity index (χ0v) is 13.4. The first-order chi connectivity index (χ1) is 10.7. The van der Waals surface area contributed by atoms with Crippen LogP contribution in [0, 0.1) is 6.92 Å². The maximum absolute atomic E-state index is 4.73. The van der Waals surface area contributed by atoms with Gasteiger partial charge in [-0.1, -0.05) is 29.9 Å². The number of nitrogens with zero attached hydrogens (tertiary/aromatic N) is 2. The lowest BCUT2D eigenvalue weighted by molar-refractivity contribution is 0.990. The van der Waals surface area contributed by atoms with Gasteiger partial charge >= 0.3 is 0 Å². The molecule has 4 rings (SSSR count). The fourth-order valence-corrected chi connectivity index (χ4v) is 3.57. The summed E-state index contributed by atoms with van der Waals surface area (Å²) in [5.41, 5.74) is 8.90. The minimum absolute atomic E-state index is 1.08.